The first-order valence-corrected chi connectivity index (χ1v) is 5.15. The number of hydrogen-bond acceptors (Lipinski definition) is 2. The molecule has 2 atom stereocenters. The molecule has 4 N–H and O–H groups in total. The topological polar surface area (TPSA) is 52.0 Å². The molecule has 72 valence electrons. The molecule has 0 heterocycles. The van der Waals surface area contributed by atoms with E-state index in [-0.39, 0.29) is 12.0 Å². The van der Waals surface area contributed by atoms with E-state index in [0.29, 0.717) is 6.54 Å². The number of benzene rings is 1. The zero-order valence-electron chi connectivity index (χ0n) is 7.70. The fourth-order valence-corrected chi connectivity index (χ4v) is 1.81. The van der Waals surface area contributed by atoms with E-state index >= 15 is 0 Å². The molecule has 0 bridgehead atoms. The van der Waals surface area contributed by atoms with Gasteiger partial charge < -0.3 is 11.5 Å². The Morgan fingerprint density at radius 3 is 2.62 bits per heavy atom. The van der Waals surface area contributed by atoms with E-state index in [2.05, 4.69) is 28.1 Å². The maximum Gasteiger partial charge on any atom is 0.0178 e. The van der Waals surface area contributed by atoms with Gasteiger partial charge >= 0.3 is 0 Å². The summed E-state index contributed by atoms with van der Waals surface area (Å²) in [7, 11) is 0. The van der Waals surface area contributed by atoms with Crippen molar-refractivity contribution >= 4 is 15.9 Å². The minimum Gasteiger partial charge on any atom is -0.330 e. The highest BCUT2D eigenvalue weighted by Gasteiger charge is 2.13. The van der Waals surface area contributed by atoms with Crippen LogP contribution in [0.2, 0.25) is 0 Å². The van der Waals surface area contributed by atoms with Crippen LogP contribution in [0.4, 0.5) is 0 Å². The van der Waals surface area contributed by atoms with Gasteiger partial charge in [0.05, 0.1) is 0 Å². The zero-order valence-corrected chi connectivity index (χ0v) is 9.29. The smallest absolute Gasteiger partial charge is 0.0178 e. The lowest BCUT2D eigenvalue weighted by Gasteiger charge is -2.19. The molecule has 0 fully saturated rings. The number of halogens is 1. The zero-order chi connectivity index (χ0) is 9.84. The highest BCUT2D eigenvalue weighted by Crippen LogP contribution is 2.21. The third-order valence-electron chi connectivity index (χ3n) is 2.17. The van der Waals surface area contributed by atoms with Crippen molar-refractivity contribution in [3.8, 4) is 0 Å². The number of rotatable bonds is 3. The minimum absolute atomic E-state index is 0.0966. The van der Waals surface area contributed by atoms with Gasteiger partial charge in [0.15, 0.2) is 0 Å². The molecule has 1 rings (SSSR count). The maximum absolute atomic E-state index is 5.83. The van der Waals surface area contributed by atoms with Crippen LogP contribution in [0.5, 0.6) is 0 Å². The highest BCUT2D eigenvalue weighted by molar-refractivity contribution is 9.10. The summed E-state index contributed by atoms with van der Waals surface area (Å²) in [6.45, 7) is 2.58. The standard InChI is InChI=1S/C10H15BrN2/c1-7(13)10(6-12)8-3-2-4-9(11)5-8/h2-5,7,10H,6,12-13H2,1H3. The molecular weight excluding hydrogens is 228 g/mol. The van der Waals surface area contributed by atoms with Crippen LogP contribution in [-0.2, 0) is 0 Å². The third-order valence-corrected chi connectivity index (χ3v) is 2.66. The van der Waals surface area contributed by atoms with Crippen molar-refractivity contribution in [2.75, 3.05) is 6.54 Å². The molecule has 0 aliphatic rings. The molecular formula is C10H15BrN2. The van der Waals surface area contributed by atoms with Crippen LogP contribution in [0.15, 0.2) is 28.7 Å². The average Bonchev–Trinajstić information content (AvgIpc) is 2.04. The normalized spacial score (nSPS) is 15.4. The van der Waals surface area contributed by atoms with Crippen molar-refractivity contribution in [1.82, 2.24) is 0 Å². The van der Waals surface area contributed by atoms with Crippen LogP contribution >= 0.6 is 15.9 Å². The van der Waals surface area contributed by atoms with Crippen LogP contribution in [0, 0.1) is 0 Å². The second-order valence-electron chi connectivity index (χ2n) is 3.26. The SMILES string of the molecule is CC(N)C(CN)c1cccc(Br)c1. The second kappa shape index (κ2) is 4.74. The minimum atomic E-state index is 0.0966. The fourth-order valence-electron chi connectivity index (χ4n) is 1.39. The van der Waals surface area contributed by atoms with E-state index in [1.807, 2.05) is 19.1 Å². The molecule has 0 spiro atoms. The predicted molar refractivity (Wildman–Crippen MR) is 59.6 cm³/mol. The summed E-state index contributed by atoms with van der Waals surface area (Å²) in [5, 5.41) is 0. The molecule has 0 amide bonds. The molecule has 2 unspecified atom stereocenters. The van der Waals surface area contributed by atoms with E-state index in [0.717, 1.165) is 4.47 Å². The van der Waals surface area contributed by atoms with Gasteiger partial charge in [0, 0.05) is 23.0 Å². The van der Waals surface area contributed by atoms with Gasteiger partial charge in [0.25, 0.3) is 0 Å². The summed E-state index contributed by atoms with van der Waals surface area (Å²) < 4.78 is 1.07. The predicted octanol–water partition coefficient (Wildman–Crippen LogP) is 1.84. The summed E-state index contributed by atoms with van der Waals surface area (Å²) >= 11 is 3.43. The Morgan fingerprint density at radius 1 is 1.46 bits per heavy atom. The van der Waals surface area contributed by atoms with E-state index in [9.17, 15) is 0 Å². The van der Waals surface area contributed by atoms with Gasteiger partial charge in [0.2, 0.25) is 0 Å². The molecule has 2 nitrogen and oxygen atoms in total. The summed E-state index contributed by atoms with van der Waals surface area (Å²) in [4.78, 5) is 0. The fraction of sp³-hybridized carbons (Fsp3) is 0.400. The largest absolute Gasteiger partial charge is 0.330 e. The van der Waals surface area contributed by atoms with E-state index < -0.39 is 0 Å². The molecule has 0 radical (unpaired) electrons. The Kier molecular flexibility index (Phi) is 3.90. The van der Waals surface area contributed by atoms with E-state index in [4.69, 9.17) is 11.5 Å². The molecule has 13 heavy (non-hydrogen) atoms. The van der Waals surface area contributed by atoms with Crippen molar-refractivity contribution in [3.05, 3.63) is 34.3 Å². The van der Waals surface area contributed by atoms with Crippen LogP contribution < -0.4 is 11.5 Å². The van der Waals surface area contributed by atoms with Gasteiger partial charge in [-0.15, -0.1) is 0 Å². The monoisotopic (exact) mass is 242 g/mol. The van der Waals surface area contributed by atoms with Crippen LogP contribution in [0.3, 0.4) is 0 Å². The quantitative estimate of drug-likeness (QED) is 0.851. The Bertz CT molecular complexity index is 273. The Balaban J connectivity index is 2.91. The first kappa shape index (κ1) is 10.7. The average molecular weight is 243 g/mol. The molecule has 3 heteroatoms. The maximum atomic E-state index is 5.83. The number of hydrogen-bond donors (Lipinski definition) is 2. The van der Waals surface area contributed by atoms with Gasteiger partial charge in [-0.25, -0.2) is 0 Å². The molecule has 0 aromatic heterocycles. The highest BCUT2D eigenvalue weighted by atomic mass is 79.9. The summed E-state index contributed by atoms with van der Waals surface area (Å²) in [6, 6.07) is 8.23. The van der Waals surface area contributed by atoms with Crippen LogP contribution in [0.25, 0.3) is 0 Å². The second-order valence-corrected chi connectivity index (χ2v) is 4.17. The lowest BCUT2D eigenvalue weighted by atomic mass is 9.93. The van der Waals surface area contributed by atoms with Crippen molar-refractivity contribution in [2.45, 2.75) is 18.9 Å². The van der Waals surface area contributed by atoms with Gasteiger partial charge in [-0.05, 0) is 24.6 Å². The van der Waals surface area contributed by atoms with Gasteiger partial charge in [0.1, 0.15) is 0 Å². The molecule has 0 saturated heterocycles. The van der Waals surface area contributed by atoms with Gasteiger partial charge in [-0.1, -0.05) is 28.1 Å². The molecule has 0 aliphatic carbocycles. The van der Waals surface area contributed by atoms with Crippen molar-refractivity contribution < 1.29 is 0 Å². The molecule has 1 aromatic rings. The van der Waals surface area contributed by atoms with Crippen molar-refractivity contribution in [3.63, 3.8) is 0 Å². The Labute approximate surface area is 87.4 Å². The van der Waals surface area contributed by atoms with Crippen LogP contribution in [0.1, 0.15) is 18.4 Å². The third kappa shape index (κ3) is 2.79. The van der Waals surface area contributed by atoms with E-state index in [1.54, 1.807) is 0 Å². The van der Waals surface area contributed by atoms with Crippen LogP contribution in [-0.4, -0.2) is 12.6 Å². The summed E-state index contributed by atoms with van der Waals surface area (Å²) in [5.41, 5.74) is 12.7. The first-order chi connectivity index (χ1) is 6.15. The summed E-state index contributed by atoms with van der Waals surface area (Å²) in [5.74, 6) is 0.248. The summed E-state index contributed by atoms with van der Waals surface area (Å²) in [6.07, 6.45) is 0. The lowest BCUT2D eigenvalue weighted by Crippen LogP contribution is -2.30. The molecule has 1 aromatic carbocycles. The Hall–Kier alpha value is -0.380. The number of nitrogens with two attached hydrogens (primary N) is 2. The Morgan fingerprint density at radius 2 is 2.15 bits per heavy atom. The van der Waals surface area contributed by atoms with Gasteiger partial charge in [-0.2, -0.15) is 0 Å². The van der Waals surface area contributed by atoms with Gasteiger partial charge in [-0.3, -0.25) is 0 Å². The molecule has 0 aliphatic heterocycles. The van der Waals surface area contributed by atoms with Crippen molar-refractivity contribution in [1.29, 1.82) is 0 Å². The molecule has 0 saturated carbocycles. The van der Waals surface area contributed by atoms with Crippen molar-refractivity contribution in [2.24, 2.45) is 11.5 Å². The lowest BCUT2D eigenvalue weighted by molar-refractivity contribution is 0.577. The van der Waals surface area contributed by atoms with E-state index in [1.165, 1.54) is 5.56 Å². The first-order valence-electron chi connectivity index (χ1n) is 4.36.